The Morgan fingerprint density at radius 3 is 2.58 bits per heavy atom. The van der Waals surface area contributed by atoms with E-state index >= 15 is 0 Å². The number of amides is 2. The van der Waals surface area contributed by atoms with Gasteiger partial charge < -0.3 is 10.6 Å². The number of fused-ring (bicyclic) bond motifs is 1. The van der Waals surface area contributed by atoms with E-state index in [2.05, 4.69) is 20.7 Å². The number of alkyl halides is 3. The van der Waals surface area contributed by atoms with Crippen LogP contribution in [0.15, 0.2) is 61.1 Å². The number of rotatable bonds is 3. The molecule has 2 N–H and O–H groups in total. The average Bonchev–Trinajstić information content (AvgIpc) is 3.10. The van der Waals surface area contributed by atoms with E-state index in [9.17, 15) is 22.4 Å². The van der Waals surface area contributed by atoms with Crippen LogP contribution < -0.4 is 10.6 Å². The highest BCUT2D eigenvalue weighted by Gasteiger charge is 2.30. The number of hydrogen-bond acceptors (Lipinski definition) is 3. The second-order valence-electron chi connectivity index (χ2n) is 6.74. The second-order valence-corrected chi connectivity index (χ2v) is 6.74. The average molecular weight is 429 g/mol. The van der Waals surface area contributed by atoms with Crippen LogP contribution in [0.25, 0.3) is 22.0 Å². The Morgan fingerprint density at radius 2 is 1.84 bits per heavy atom. The quantitative estimate of drug-likeness (QED) is 0.426. The molecule has 6 nitrogen and oxygen atoms in total. The van der Waals surface area contributed by atoms with Gasteiger partial charge in [-0.05, 0) is 35.9 Å². The van der Waals surface area contributed by atoms with Gasteiger partial charge in [0.05, 0.1) is 29.2 Å². The summed E-state index contributed by atoms with van der Waals surface area (Å²) in [6.07, 6.45) is 0.351. The van der Waals surface area contributed by atoms with Gasteiger partial charge in [-0.1, -0.05) is 12.1 Å². The molecule has 0 unspecified atom stereocenters. The summed E-state index contributed by atoms with van der Waals surface area (Å²) in [5.41, 5.74) is 0.884. The minimum atomic E-state index is -4.54. The van der Waals surface area contributed by atoms with Crippen molar-refractivity contribution in [1.29, 1.82) is 0 Å². The van der Waals surface area contributed by atoms with Crippen LogP contribution in [0, 0.1) is 5.82 Å². The number of halogens is 4. The standard InChI is InChI=1S/C21H15F4N5O/c1-30-19-11-26-9-15(16(19)10-27-30)12-5-6-18(17(22)7-12)29-20(31)28-14-4-2-3-13(8-14)21(23,24)25/h2-11H,1H3,(H2,28,29,31). The zero-order valence-electron chi connectivity index (χ0n) is 16.0. The van der Waals surface area contributed by atoms with E-state index in [-0.39, 0.29) is 11.4 Å². The molecule has 0 aliphatic heterocycles. The number of benzene rings is 2. The Hall–Kier alpha value is -3.95. The molecule has 0 saturated heterocycles. The van der Waals surface area contributed by atoms with Gasteiger partial charge in [-0.15, -0.1) is 0 Å². The first kappa shape index (κ1) is 20.3. The molecule has 0 aliphatic carbocycles. The molecule has 2 amide bonds. The van der Waals surface area contributed by atoms with E-state index in [4.69, 9.17) is 0 Å². The summed E-state index contributed by atoms with van der Waals surface area (Å²) in [5.74, 6) is -0.711. The zero-order chi connectivity index (χ0) is 22.2. The largest absolute Gasteiger partial charge is 0.416 e. The van der Waals surface area contributed by atoms with Crippen LogP contribution in [-0.4, -0.2) is 20.8 Å². The van der Waals surface area contributed by atoms with Crippen LogP contribution in [0.4, 0.5) is 33.7 Å². The first-order chi connectivity index (χ1) is 14.7. The molecule has 0 aliphatic rings. The fourth-order valence-corrected chi connectivity index (χ4v) is 3.13. The topological polar surface area (TPSA) is 71.8 Å². The number of aryl methyl sites for hydroxylation is 1. The number of urea groups is 1. The Bertz CT molecular complexity index is 1280. The lowest BCUT2D eigenvalue weighted by Crippen LogP contribution is -2.20. The van der Waals surface area contributed by atoms with Crippen LogP contribution in [0.3, 0.4) is 0 Å². The van der Waals surface area contributed by atoms with E-state index in [0.717, 1.165) is 23.0 Å². The number of nitrogens with one attached hydrogen (secondary N) is 2. The maximum absolute atomic E-state index is 14.6. The molecule has 0 bridgehead atoms. The van der Waals surface area contributed by atoms with Crippen molar-refractivity contribution >= 4 is 28.3 Å². The fourth-order valence-electron chi connectivity index (χ4n) is 3.13. The Labute approximate surface area is 173 Å². The number of pyridine rings is 1. The van der Waals surface area contributed by atoms with Gasteiger partial charge >= 0.3 is 12.2 Å². The third kappa shape index (κ3) is 4.18. The molecular formula is C21H15F4N5O. The minimum absolute atomic E-state index is 0.0707. The summed E-state index contributed by atoms with van der Waals surface area (Å²) in [7, 11) is 1.77. The lowest BCUT2D eigenvalue weighted by molar-refractivity contribution is -0.137. The van der Waals surface area contributed by atoms with Crippen molar-refractivity contribution < 1.29 is 22.4 Å². The molecule has 31 heavy (non-hydrogen) atoms. The summed E-state index contributed by atoms with van der Waals surface area (Å²) in [4.78, 5) is 16.3. The molecular weight excluding hydrogens is 414 g/mol. The van der Waals surface area contributed by atoms with E-state index in [1.54, 1.807) is 36.4 Å². The highest BCUT2D eigenvalue weighted by atomic mass is 19.4. The molecule has 0 saturated carbocycles. The van der Waals surface area contributed by atoms with Crippen LogP contribution in [0.2, 0.25) is 0 Å². The Balaban J connectivity index is 1.53. The molecule has 2 heterocycles. The van der Waals surface area contributed by atoms with Crippen molar-refractivity contribution in [2.24, 2.45) is 7.05 Å². The van der Waals surface area contributed by atoms with Gasteiger partial charge in [0.15, 0.2) is 0 Å². The maximum atomic E-state index is 14.6. The molecule has 158 valence electrons. The molecule has 4 aromatic rings. The van der Waals surface area contributed by atoms with Crippen molar-refractivity contribution in [1.82, 2.24) is 14.8 Å². The molecule has 0 spiro atoms. The number of aromatic nitrogens is 3. The van der Waals surface area contributed by atoms with E-state index in [1.807, 2.05) is 0 Å². The van der Waals surface area contributed by atoms with E-state index in [0.29, 0.717) is 11.1 Å². The first-order valence-electron chi connectivity index (χ1n) is 9.03. The minimum Gasteiger partial charge on any atom is -0.308 e. The number of nitrogens with zero attached hydrogens (tertiary/aromatic N) is 3. The van der Waals surface area contributed by atoms with Gasteiger partial charge in [-0.25, -0.2) is 9.18 Å². The van der Waals surface area contributed by atoms with Crippen LogP contribution in [0.1, 0.15) is 5.56 Å². The first-order valence-corrected chi connectivity index (χ1v) is 9.03. The highest BCUT2D eigenvalue weighted by Crippen LogP contribution is 2.31. The van der Waals surface area contributed by atoms with Gasteiger partial charge in [-0.3, -0.25) is 9.67 Å². The summed E-state index contributed by atoms with van der Waals surface area (Å²) in [6, 6.07) is 7.49. The van der Waals surface area contributed by atoms with Crippen molar-refractivity contribution in [3.63, 3.8) is 0 Å². The lowest BCUT2D eigenvalue weighted by atomic mass is 10.0. The molecule has 2 aromatic carbocycles. The Morgan fingerprint density at radius 1 is 1.03 bits per heavy atom. The van der Waals surface area contributed by atoms with Gasteiger partial charge in [-0.2, -0.15) is 18.3 Å². The number of carbonyl (C=O) groups is 1. The van der Waals surface area contributed by atoms with Gasteiger partial charge in [0.25, 0.3) is 0 Å². The molecule has 2 aromatic heterocycles. The van der Waals surface area contributed by atoms with Crippen molar-refractivity contribution in [2.75, 3.05) is 10.6 Å². The number of carbonyl (C=O) groups excluding carboxylic acids is 1. The van der Waals surface area contributed by atoms with Crippen molar-refractivity contribution in [2.45, 2.75) is 6.18 Å². The van der Waals surface area contributed by atoms with Gasteiger partial charge in [0.1, 0.15) is 5.82 Å². The Kier molecular flexibility index (Phi) is 5.05. The number of anilines is 2. The van der Waals surface area contributed by atoms with E-state index in [1.165, 1.54) is 24.3 Å². The molecule has 4 rings (SSSR count). The summed E-state index contributed by atoms with van der Waals surface area (Å²) < 4.78 is 54.7. The monoisotopic (exact) mass is 429 g/mol. The lowest BCUT2D eigenvalue weighted by Gasteiger charge is -2.12. The summed E-state index contributed by atoms with van der Waals surface area (Å²) in [6.45, 7) is 0. The maximum Gasteiger partial charge on any atom is 0.416 e. The SMILES string of the molecule is Cn1ncc2c(-c3ccc(NC(=O)Nc4cccc(C(F)(F)F)c4)c(F)c3)cncc21. The second kappa shape index (κ2) is 7.71. The third-order valence-corrected chi connectivity index (χ3v) is 4.65. The number of hydrogen-bond donors (Lipinski definition) is 2. The highest BCUT2D eigenvalue weighted by molar-refractivity contribution is 6.00. The van der Waals surface area contributed by atoms with Gasteiger partial charge in [0, 0.05) is 29.9 Å². The zero-order valence-corrected chi connectivity index (χ0v) is 16.0. The van der Waals surface area contributed by atoms with E-state index < -0.39 is 23.6 Å². The summed E-state index contributed by atoms with van der Waals surface area (Å²) >= 11 is 0. The van der Waals surface area contributed by atoms with Crippen LogP contribution >= 0.6 is 0 Å². The predicted octanol–water partition coefficient (Wildman–Crippen LogP) is 5.44. The molecule has 0 radical (unpaired) electrons. The van der Waals surface area contributed by atoms with Gasteiger partial charge in [0.2, 0.25) is 0 Å². The normalized spacial score (nSPS) is 11.5. The molecule has 0 atom stereocenters. The molecule has 10 heteroatoms. The van der Waals surface area contributed by atoms with Crippen LogP contribution in [0.5, 0.6) is 0 Å². The van der Waals surface area contributed by atoms with Crippen LogP contribution in [-0.2, 0) is 13.2 Å². The fraction of sp³-hybridized carbons (Fsp3) is 0.0952. The van der Waals surface area contributed by atoms with Crippen molar-refractivity contribution in [3.8, 4) is 11.1 Å². The summed E-state index contributed by atoms with van der Waals surface area (Å²) in [5, 5.41) is 9.53. The predicted molar refractivity (Wildman–Crippen MR) is 108 cm³/mol. The third-order valence-electron chi connectivity index (χ3n) is 4.65. The van der Waals surface area contributed by atoms with Crippen molar-refractivity contribution in [3.05, 3.63) is 72.4 Å². The molecule has 0 fully saturated rings. The smallest absolute Gasteiger partial charge is 0.308 e.